The molecule has 82 valence electrons. The molecule has 2 heterocycles. The van der Waals surface area contributed by atoms with Crippen LogP contribution in [-0.2, 0) is 11.8 Å². The lowest BCUT2D eigenvalue weighted by Crippen LogP contribution is -2.33. The maximum Gasteiger partial charge on any atom is 0.293 e. The summed E-state index contributed by atoms with van der Waals surface area (Å²) >= 11 is 6.00. The van der Waals surface area contributed by atoms with Crippen molar-refractivity contribution in [2.24, 2.45) is 7.05 Å². The van der Waals surface area contributed by atoms with E-state index in [1.165, 1.54) is 4.57 Å². The van der Waals surface area contributed by atoms with E-state index in [9.17, 15) is 4.79 Å². The summed E-state index contributed by atoms with van der Waals surface area (Å²) in [5.41, 5.74) is -0.159. The number of ether oxygens (including phenoxy) is 1. The highest BCUT2D eigenvalue weighted by Crippen LogP contribution is 2.14. The van der Waals surface area contributed by atoms with E-state index in [-0.39, 0.29) is 17.0 Å². The second-order valence-corrected chi connectivity index (χ2v) is 4.06. The molecule has 1 aliphatic rings. The number of nitrogens with zero attached hydrogens (tertiary/aromatic N) is 2. The molecule has 5 nitrogen and oxygen atoms in total. The number of anilines is 1. The highest BCUT2D eigenvalue weighted by molar-refractivity contribution is 6.21. The molecule has 0 radical (unpaired) electrons. The van der Waals surface area contributed by atoms with Crippen LogP contribution in [-0.4, -0.2) is 34.2 Å². The molecular formula is C9H12ClN3O2. The fourth-order valence-corrected chi connectivity index (χ4v) is 1.66. The molecule has 0 saturated carbocycles. The van der Waals surface area contributed by atoms with Crippen molar-refractivity contribution in [3.8, 4) is 0 Å². The Balaban J connectivity index is 2.17. The van der Waals surface area contributed by atoms with Gasteiger partial charge in [-0.25, -0.2) is 4.98 Å². The Labute approximate surface area is 92.0 Å². The van der Waals surface area contributed by atoms with E-state index in [0.717, 1.165) is 0 Å². The Morgan fingerprint density at radius 2 is 2.47 bits per heavy atom. The summed E-state index contributed by atoms with van der Waals surface area (Å²) in [6.45, 7) is 1.01. The zero-order valence-electron chi connectivity index (χ0n) is 8.31. The largest absolute Gasteiger partial charge is 0.378 e. The van der Waals surface area contributed by atoms with Gasteiger partial charge < -0.3 is 14.6 Å². The number of halogens is 1. The van der Waals surface area contributed by atoms with Crippen LogP contribution in [0.25, 0.3) is 0 Å². The minimum absolute atomic E-state index is 0.0470. The fraction of sp³-hybridized carbons (Fsp3) is 0.556. The second-order valence-electron chi connectivity index (χ2n) is 3.50. The third-order valence-corrected chi connectivity index (χ3v) is 2.78. The van der Waals surface area contributed by atoms with Gasteiger partial charge in [-0.2, -0.15) is 0 Å². The third-order valence-electron chi connectivity index (χ3n) is 2.35. The van der Waals surface area contributed by atoms with E-state index in [1.807, 2.05) is 0 Å². The molecule has 1 aromatic rings. The van der Waals surface area contributed by atoms with Gasteiger partial charge in [-0.1, -0.05) is 0 Å². The maximum atomic E-state index is 11.6. The number of aromatic nitrogens is 2. The van der Waals surface area contributed by atoms with Crippen molar-refractivity contribution >= 4 is 17.4 Å². The van der Waals surface area contributed by atoms with Crippen molar-refractivity contribution in [3.05, 3.63) is 22.7 Å². The Morgan fingerprint density at radius 3 is 3.13 bits per heavy atom. The topological polar surface area (TPSA) is 56.1 Å². The Morgan fingerprint density at radius 1 is 1.67 bits per heavy atom. The van der Waals surface area contributed by atoms with Gasteiger partial charge in [-0.3, -0.25) is 4.79 Å². The van der Waals surface area contributed by atoms with Crippen LogP contribution in [0.3, 0.4) is 0 Å². The molecule has 0 spiro atoms. The van der Waals surface area contributed by atoms with E-state index in [4.69, 9.17) is 16.3 Å². The van der Waals surface area contributed by atoms with Gasteiger partial charge in [-0.15, -0.1) is 11.6 Å². The molecule has 6 heteroatoms. The minimum atomic E-state index is -0.159. The minimum Gasteiger partial charge on any atom is -0.378 e. The number of rotatable bonds is 2. The normalized spacial score (nSPS) is 25.5. The van der Waals surface area contributed by atoms with Crippen molar-refractivity contribution in [1.29, 1.82) is 0 Å². The molecular weight excluding hydrogens is 218 g/mol. The summed E-state index contributed by atoms with van der Waals surface area (Å²) in [6, 6.07) is -0.0470. The van der Waals surface area contributed by atoms with Crippen molar-refractivity contribution in [2.45, 2.75) is 11.4 Å². The maximum absolute atomic E-state index is 11.6. The summed E-state index contributed by atoms with van der Waals surface area (Å²) in [6.07, 6.45) is 3.18. The first-order chi connectivity index (χ1) is 7.18. The number of hydrogen-bond donors (Lipinski definition) is 1. The molecule has 0 aromatic carbocycles. The van der Waals surface area contributed by atoms with Crippen LogP contribution in [0.2, 0.25) is 0 Å². The quantitative estimate of drug-likeness (QED) is 0.736. The Kier molecular flexibility index (Phi) is 2.93. The van der Waals surface area contributed by atoms with Crippen molar-refractivity contribution in [2.75, 3.05) is 18.5 Å². The van der Waals surface area contributed by atoms with Crippen LogP contribution in [0.5, 0.6) is 0 Å². The van der Waals surface area contributed by atoms with E-state index >= 15 is 0 Å². The van der Waals surface area contributed by atoms with Gasteiger partial charge in [0.25, 0.3) is 5.56 Å². The second kappa shape index (κ2) is 4.20. The first kappa shape index (κ1) is 10.4. The average Bonchev–Trinajstić information content (AvgIpc) is 2.60. The first-order valence-electron chi connectivity index (χ1n) is 4.68. The molecule has 2 unspecified atom stereocenters. The van der Waals surface area contributed by atoms with E-state index in [1.54, 1.807) is 19.4 Å². The summed E-state index contributed by atoms with van der Waals surface area (Å²) < 4.78 is 6.65. The van der Waals surface area contributed by atoms with E-state index in [0.29, 0.717) is 19.0 Å². The number of alkyl halides is 1. The predicted octanol–water partition coefficient (Wildman–Crippen LogP) is 0.198. The fourth-order valence-electron chi connectivity index (χ4n) is 1.43. The summed E-state index contributed by atoms with van der Waals surface area (Å²) in [5, 5.41) is 2.88. The molecule has 15 heavy (non-hydrogen) atoms. The Hall–Kier alpha value is -1.07. The molecule has 0 amide bonds. The summed E-state index contributed by atoms with van der Waals surface area (Å²) in [7, 11) is 1.68. The number of hydrogen-bond acceptors (Lipinski definition) is 4. The SMILES string of the molecule is Cn1ccnc(NC2COCC2Cl)c1=O. The lowest BCUT2D eigenvalue weighted by molar-refractivity contribution is 0.196. The van der Waals surface area contributed by atoms with Crippen molar-refractivity contribution < 1.29 is 4.74 Å². The lowest BCUT2D eigenvalue weighted by atomic mass is 10.2. The van der Waals surface area contributed by atoms with Gasteiger partial charge in [0.15, 0.2) is 5.82 Å². The average molecular weight is 230 g/mol. The molecule has 1 N–H and O–H groups in total. The van der Waals surface area contributed by atoms with Crippen LogP contribution in [0.4, 0.5) is 5.82 Å². The van der Waals surface area contributed by atoms with Crippen LogP contribution >= 0.6 is 11.6 Å². The molecule has 1 aliphatic heterocycles. The van der Waals surface area contributed by atoms with Gasteiger partial charge in [0.2, 0.25) is 0 Å². The Bertz CT molecular complexity index is 407. The zero-order valence-corrected chi connectivity index (χ0v) is 9.07. The molecule has 1 saturated heterocycles. The standard InChI is InChI=1S/C9H12ClN3O2/c1-13-3-2-11-8(9(13)14)12-7-5-15-4-6(7)10/h2-3,6-7H,4-5H2,1H3,(H,11,12). The first-order valence-corrected chi connectivity index (χ1v) is 5.12. The number of aryl methyl sites for hydroxylation is 1. The summed E-state index contributed by atoms with van der Waals surface area (Å²) in [5.74, 6) is 0.321. The molecule has 1 fully saturated rings. The monoisotopic (exact) mass is 229 g/mol. The van der Waals surface area contributed by atoms with Gasteiger partial charge in [-0.05, 0) is 0 Å². The molecule has 2 atom stereocenters. The van der Waals surface area contributed by atoms with Crippen LogP contribution in [0.15, 0.2) is 17.2 Å². The lowest BCUT2D eigenvalue weighted by Gasteiger charge is -2.14. The van der Waals surface area contributed by atoms with Crippen LogP contribution in [0.1, 0.15) is 0 Å². The van der Waals surface area contributed by atoms with E-state index < -0.39 is 0 Å². The predicted molar refractivity (Wildman–Crippen MR) is 57.3 cm³/mol. The van der Waals surface area contributed by atoms with Gasteiger partial charge in [0.05, 0.1) is 24.6 Å². The molecule has 1 aromatic heterocycles. The van der Waals surface area contributed by atoms with Crippen LogP contribution in [0, 0.1) is 0 Å². The zero-order chi connectivity index (χ0) is 10.8. The smallest absolute Gasteiger partial charge is 0.293 e. The highest BCUT2D eigenvalue weighted by Gasteiger charge is 2.27. The molecule has 2 rings (SSSR count). The van der Waals surface area contributed by atoms with Gasteiger partial charge in [0.1, 0.15) is 0 Å². The third kappa shape index (κ3) is 2.13. The van der Waals surface area contributed by atoms with Gasteiger partial charge >= 0.3 is 0 Å². The van der Waals surface area contributed by atoms with Crippen molar-refractivity contribution in [1.82, 2.24) is 9.55 Å². The molecule has 0 bridgehead atoms. The molecule has 0 aliphatic carbocycles. The van der Waals surface area contributed by atoms with Gasteiger partial charge in [0, 0.05) is 19.4 Å². The highest BCUT2D eigenvalue weighted by atomic mass is 35.5. The van der Waals surface area contributed by atoms with E-state index in [2.05, 4.69) is 10.3 Å². The number of nitrogens with one attached hydrogen (secondary N) is 1. The summed E-state index contributed by atoms with van der Waals surface area (Å²) in [4.78, 5) is 15.6. The van der Waals surface area contributed by atoms with Crippen molar-refractivity contribution in [3.63, 3.8) is 0 Å². The van der Waals surface area contributed by atoms with Crippen LogP contribution < -0.4 is 10.9 Å².